The average Bonchev–Trinajstić information content (AvgIpc) is 3.59. The van der Waals surface area contributed by atoms with E-state index in [1.54, 1.807) is 25.7 Å². The number of aliphatic hydroxyl groups is 4. The van der Waals surface area contributed by atoms with Crippen molar-refractivity contribution in [1.82, 2.24) is 15.1 Å². The fraction of sp³-hybridized carbons (Fsp3) is 0.929. The molecule has 3 fully saturated rings. The van der Waals surface area contributed by atoms with Gasteiger partial charge in [0.05, 0.1) is 44.6 Å². The Morgan fingerprint density at radius 2 is 1.29 bits per heavy atom. The molecule has 5 N–H and O–H groups in total. The number of amides is 2. The van der Waals surface area contributed by atoms with Gasteiger partial charge >= 0.3 is 12.2 Å². The first-order valence-corrected chi connectivity index (χ1v) is 14.4. The zero-order valence-electron chi connectivity index (χ0n) is 26.6. The lowest BCUT2D eigenvalue weighted by Crippen LogP contribution is -2.36. The molecule has 6 atom stereocenters. The largest absolute Gasteiger partial charge is 0.444 e. The van der Waals surface area contributed by atoms with Crippen molar-refractivity contribution >= 4 is 24.6 Å². The zero-order chi connectivity index (χ0) is 31.4. The van der Waals surface area contributed by atoms with E-state index >= 15 is 0 Å². The number of methoxy groups -OCH3 is 1. The number of halogens is 1. The number of β-amino-alcohol motifs (C(OH)–C–C–N with tert-alkyl or cyclic N) is 2. The second-order valence-corrected chi connectivity index (χ2v) is 12.7. The van der Waals surface area contributed by atoms with Crippen molar-refractivity contribution in [1.29, 1.82) is 0 Å². The minimum Gasteiger partial charge on any atom is -0.444 e. The van der Waals surface area contributed by atoms with Crippen LogP contribution in [0, 0.1) is 17.8 Å². The molecule has 0 unspecified atom stereocenters. The van der Waals surface area contributed by atoms with Gasteiger partial charge < -0.3 is 54.5 Å². The maximum Gasteiger partial charge on any atom is 0.410 e. The van der Waals surface area contributed by atoms with Gasteiger partial charge in [0, 0.05) is 45.1 Å². The summed E-state index contributed by atoms with van der Waals surface area (Å²) in [7, 11) is 1.54. The standard InChI is InChI=1S/C12H23NO5.C10H19NO4.C6H13NO.ClH/c1-12(2,3)18-11(15)13-5-9(7-14)10(6-13)17-8-16-4;1-10(2,3)15-9(14)11-4-7(6-12)8(13)5-11;1-2-5-3-7-4-6(5)8;/h9-10,14H,5-8H2,1-4H3;7-8,12-13H,4-6H2,1-3H3;5-8H,2-4H2,1H3;1H/t9-,10-;7-,8-;5-,6+;/m110./s1. The third kappa shape index (κ3) is 14.8. The first kappa shape index (κ1) is 40.5. The molecule has 3 rings (SSSR count). The topological polar surface area (TPSA) is 170 Å². The summed E-state index contributed by atoms with van der Waals surface area (Å²) >= 11 is 0. The molecular weight excluding hydrogens is 574 g/mol. The number of nitrogens with zero attached hydrogens (tertiary/aromatic N) is 2. The van der Waals surface area contributed by atoms with E-state index in [0.29, 0.717) is 25.6 Å². The van der Waals surface area contributed by atoms with Gasteiger partial charge in [-0.05, 0) is 53.9 Å². The maximum atomic E-state index is 11.9. The molecule has 0 aliphatic carbocycles. The fourth-order valence-electron chi connectivity index (χ4n) is 4.48. The Morgan fingerprint density at radius 1 is 0.786 bits per heavy atom. The molecule has 0 aromatic rings. The van der Waals surface area contributed by atoms with Gasteiger partial charge in [0.2, 0.25) is 0 Å². The monoisotopic (exact) mass is 629 g/mol. The molecule has 250 valence electrons. The second kappa shape index (κ2) is 19.0. The Kier molecular flexibility index (Phi) is 18.4. The number of aliphatic hydroxyl groups excluding tert-OH is 4. The molecular formula is C28H56ClN3O10. The van der Waals surface area contributed by atoms with Crippen LogP contribution >= 0.6 is 12.4 Å². The van der Waals surface area contributed by atoms with Crippen LogP contribution in [0.1, 0.15) is 54.9 Å². The van der Waals surface area contributed by atoms with Crippen molar-refractivity contribution in [3.05, 3.63) is 0 Å². The van der Waals surface area contributed by atoms with Crippen LogP contribution in [0.25, 0.3) is 0 Å². The van der Waals surface area contributed by atoms with Gasteiger partial charge in [0.15, 0.2) is 0 Å². The van der Waals surface area contributed by atoms with Crippen molar-refractivity contribution in [2.45, 2.75) is 84.4 Å². The number of hydrogen-bond acceptors (Lipinski definition) is 11. The van der Waals surface area contributed by atoms with Gasteiger partial charge in [0.25, 0.3) is 0 Å². The molecule has 3 saturated heterocycles. The third-order valence-electron chi connectivity index (χ3n) is 6.79. The van der Waals surface area contributed by atoms with E-state index in [-0.39, 0.29) is 69.1 Å². The van der Waals surface area contributed by atoms with Crippen LogP contribution in [0.2, 0.25) is 0 Å². The molecule has 3 aliphatic heterocycles. The fourth-order valence-corrected chi connectivity index (χ4v) is 4.48. The lowest BCUT2D eigenvalue weighted by molar-refractivity contribution is -0.0847. The van der Waals surface area contributed by atoms with Gasteiger partial charge in [-0.25, -0.2) is 9.59 Å². The quantitative estimate of drug-likeness (QED) is 0.269. The number of hydrogen-bond donors (Lipinski definition) is 5. The molecule has 0 saturated carbocycles. The summed E-state index contributed by atoms with van der Waals surface area (Å²) < 4.78 is 20.7. The van der Waals surface area contributed by atoms with Crippen LogP contribution in [0.3, 0.4) is 0 Å². The number of rotatable bonds is 6. The van der Waals surface area contributed by atoms with Crippen LogP contribution in [0.5, 0.6) is 0 Å². The van der Waals surface area contributed by atoms with Crippen molar-refractivity contribution < 1.29 is 49.0 Å². The maximum absolute atomic E-state index is 11.9. The molecule has 0 aromatic carbocycles. The highest BCUT2D eigenvalue weighted by molar-refractivity contribution is 5.85. The van der Waals surface area contributed by atoms with Gasteiger partial charge in [-0.15, -0.1) is 12.4 Å². The summed E-state index contributed by atoms with van der Waals surface area (Å²) in [4.78, 5) is 26.4. The van der Waals surface area contributed by atoms with Gasteiger partial charge in [-0.2, -0.15) is 0 Å². The number of nitrogens with one attached hydrogen (secondary N) is 1. The molecule has 2 amide bonds. The summed E-state index contributed by atoms with van der Waals surface area (Å²) in [5.74, 6) is 0.167. The van der Waals surface area contributed by atoms with Crippen LogP contribution in [-0.4, -0.2) is 138 Å². The summed E-state index contributed by atoms with van der Waals surface area (Å²) in [5, 5.41) is 39.9. The Hall–Kier alpha value is -1.45. The molecule has 0 aromatic heterocycles. The van der Waals surface area contributed by atoms with E-state index in [1.165, 1.54) is 12.0 Å². The minimum atomic E-state index is -0.650. The van der Waals surface area contributed by atoms with Gasteiger partial charge in [-0.3, -0.25) is 0 Å². The second-order valence-electron chi connectivity index (χ2n) is 12.7. The molecule has 14 heteroatoms. The zero-order valence-corrected chi connectivity index (χ0v) is 27.4. The summed E-state index contributed by atoms with van der Waals surface area (Å²) in [5.41, 5.74) is -1.05. The van der Waals surface area contributed by atoms with E-state index in [2.05, 4.69) is 12.2 Å². The number of ether oxygens (including phenoxy) is 4. The third-order valence-corrected chi connectivity index (χ3v) is 6.79. The first-order chi connectivity index (χ1) is 19.0. The number of likely N-dealkylation sites (tertiary alicyclic amines) is 2. The molecule has 0 spiro atoms. The molecule has 3 heterocycles. The van der Waals surface area contributed by atoms with Gasteiger partial charge in [0.1, 0.15) is 18.0 Å². The lowest BCUT2D eigenvalue weighted by atomic mass is 10.0. The van der Waals surface area contributed by atoms with E-state index in [4.69, 9.17) is 29.2 Å². The predicted octanol–water partition coefficient (Wildman–Crippen LogP) is 1.44. The SMILES string of the molecule is CC(C)(C)OC(=O)N1C[C@H](CO)[C@H](O)C1.CC[C@H]1CNC[C@H]1O.COCO[C@@H]1CN(C(=O)OC(C)(C)C)C[C@@H]1CO.Cl. The van der Waals surface area contributed by atoms with E-state index < -0.39 is 23.4 Å². The molecule has 3 aliphatic rings. The number of carbonyl (C=O) groups is 2. The first-order valence-electron chi connectivity index (χ1n) is 14.4. The van der Waals surface area contributed by atoms with E-state index in [0.717, 1.165) is 19.5 Å². The van der Waals surface area contributed by atoms with Crippen molar-refractivity contribution in [2.24, 2.45) is 17.8 Å². The van der Waals surface area contributed by atoms with Gasteiger partial charge in [-0.1, -0.05) is 6.92 Å². The highest BCUT2D eigenvalue weighted by atomic mass is 35.5. The van der Waals surface area contributed by atoms with Crippen LogP contribution in [-0.2, 0) is 18.9 Å². The van der Waals surface area contributed by atoms with Crippen LogP contribution in [0.15, 0.2) is 0 Å². The van der Waals surface area contributed by atoms with Crippen molar-refractivity contribution in [2.75, 3.05) is 66.4 Å². The Labute approximate surface area is 257 Å². The lowest BCUT2D eigenvalue weighted by Gasteiger charge is -2.24. The smallest absolute Gasteiger partial charge is 0.410 e. The Bertz CT molecular complexity index is 780. The average molecular weight is 630 g/mol. The van der Waals surface area contributed by atoms with Crippen molar-refractivity contribution in [3.63, 3.8) is 0 Å². The van der Waals surface area contributed by atoms with Crippen LogP contribution < -0.4 is 5.32 Å². The molecule has 0 radical (unpaired) electrons. The summed E-state index contributed by atoms with van der Waals surface area (Å²) in [6.45, 7) is 16.2. The molecule has 42 heavy (non-hydrogen) atoms. The Balaban J connectivity index is 0.000000632. The predicted molar refractivity (Wildman–Crippen MR) is 159 cm³/mol. The number of carbonyl (C=O) groups excluding carboxylic acids is 2. The van der Waals surface area contributed by atoms with E-state index in [9.17, 15) is 19.8 Å². The van der Waals surface area contributed by atoms with Crippen LogP contribution in [0.4, 0.5) is 9.59 Å². The normalized spacial score (nSPS) is 27.3. The summed E-state index contributed by atoms with van der Waals surface area (Å²) in [6, 6.07) is 0. The summed E-state index contributed by atoms with van der Waals surface area (Å²) in [6.07, 6.45) is -0.652. The van der Waals surface area contributed by atoms with E-state index in [1.807, 2.05) is 20.8 Å². The van der Waals surface area contributed by atoms with Crippen molar-refractivity contribution in [3.8, 4) is 0 Å². The molecule has 0 bridgehead atoms. The minimum absolute atomic E-state index is 0. The highest BCUT2D eigenvalue weighted by Crippen LogP contribution is 2.22. The molecule has 13 nitrogen and oxygen atoms in total. The Morgan fingerprint density at radius 3 is 1.64 bits per heavy atom. The highest BCUT2D eigenvalue weighted by Gasteiger charge is 2.38.